The minimum Gasteiger partial charge on any atom is -0.485 e. The molecule has 0 bridgehead atoms. The fourth-order valence-corrected chi connectivity index (χ4v) is 2.11. The van der Waals surface area contributed by atoms with E-state index in [0.717, 1.165) is 0 Å². The first-order chi connectivity index (χ1) is 8.25. The number of halogens is 4. The largest absolute Gasteiger partial charge is 0.485 e. The zero-order valence-electron chi connectivity index (χ0n) is 9.08. The second kappa shape index (κ2) is 5.86. The predicted octanol–water partition coefficient (Wildman–Crippen LogP) is 3.41. The highest BCUT2D eigenvalue weighted by Crippen LogP contribution is 2.31. The van der Waals surface area contributed by atoms with Crippen LogP contribution in [0.25, 0.3) is 0 Å². The molecule has 0 spiro atoms. The molecule has 1 rings (SSSR count). The van der Waals surface area contributed by atoms with Crippen molar-refractivity contribution in [2.75, 3.05) is 6.61 Å². The van der Waals surface area contributed by atoms with E-state index >= 15 is 0 Å². The Bertz CT molecular complexity index is 585. The summed E-state index contributed by atoms with van der Waals surface area (Å²) in [5.74, 6) is -2.86. The van der Waals surface area contributed by atoms with Gasteiger partial charge in [-0.3, -0.25) is 0 Å². The van der Waals surface area contributed by atoms with Gasteiger partial charge in [-0.05, 0) is 18.6 Å². The fraction of sp³-hybridized carbons (Fsp3) is 0.200. The maximum atomic E-state index is 13.5. The van der Waals surface area contributed by atoms with Crippen LogP contribution in [0.4, 0.5) is 8.78 Å². The molecule has 1 aromatic carbocycles. The Morgan fingerprint density at radius 3 is 2.56 bits per heavy atom. The van der Waals surface area contributed by atoms with E-state index in [4.69, 9.17) is 27.0 Å². The van der Waals surface area contributed by atoms with Gasteiger partial charge in [0.25, 0.3) is 9.05 Å². The van der Waals surface area contributed by atoms with Crippen molar-refractivity contribution < 1.29 is 21.9 Å². The molecule has 0 amide bonds. The summed E-state index contributed by atoms with van der Waals surface area (Å²) in [6.07, 6.45) is 0. The lowest BCUT2D eigenvalue weighted by Crippen LogP contribution is -2.05. The molecule has 18 heavy (non-hydrogen) atoms. The smallest absolute Gasteiger partial charge is 0.265 e. The summed E-state index contributed by atoms with van der Waals surface area (Å²) in [5.41, 5.74) is 1.72. The summed E-state index contributed by atoms with van der Waals surface area (Å²) < 4.78 is 53.7. The number of hydrogen-bond acceptors (Lipinski definition) is 3. The third-order valence-electron chi connectivity index (χ3n) is 1.87. The molecule has 0 aliphatic rings. The van der Waals surface area contributed by atoms with Crippen LogP contribution in [0.15, 0.2) is 28.1 Å². The van der Waals surface area contributed by atoms with Crippen molar-refractivity contribution in [2.24, 2.45) is 0 Å². The minimum atomic E-state index is -4.32. The van der Waals surface area contributed by atoms with Crippen LogP contribution in [0.5, 0.6) is 5.75 Å². The van der Waals surface area contributed by atoms with Crippen LogP contribution in [-0.4, -0.2) is 15.0 Å². The van der Waals surface area contributed by atoms with Gasteiger partial charge in [-0.1, -0.05) is 11.6 Å². The maximum absolute atomic E-state index is 13.5. The molecule has 0 saturated carbocycles. The van der Waals surface area contributed by atoms with E-state index in [1.54, 1.807) is 6.92 Å². The Hall–Kier alpha value is -0.850. The van der Waals surface area contributed by atoms with Gasteiger partial charge < -0.3 is 4.74 Å². The Labute approximate surface area is 112 Å². The Morgan fingerprint density at radius 1 is 1.44 bits per heavy atom. The number of rotatable bonds is 4. The van der Waals surface area contributed by atoms with Crippen LogP contribution < -0.4 is 4.74 Å². The van der Waals surface area contributed by atoms with Crippen molar-refractivity contribution in [1.29, 1.82) is 0 Å². The molecular weight excluding hydrogens is 309 g/mol. The lowest BCUT2D eigenvalue weighted by molar-refractivity contribution is 0.321. The molecule has 0 heterocycles. The molecule has 0 aromatic heterocycles. The van der Waals surface area contributed by atoms with Gasteiger partial charge in [0.2, 0.25) is 0 Å². The standard InChI is InChI=1S/C10H8Cl2F2O3S/c1-6(4-11)5-17-10-8(14)2-7(13)3-9(10)18(12,15)16/h2-4H,5H2,1H3. The van der Waals surface area contributed by atoms with Crippen LogP contribution >= 0.6 is 22.3 Å². The third kappa shape index (κ3) is 3.83. The van der Waals surface area contributed by atoms with E-state index in [0.29, 0.717) is 17.7 Å². The van der Waals surface area contributed by atoms with E-state index in [1.807, 2.05) is 0 Å². The van der Waals surface area contributed by atoms with Crippen LogP contribution in [0.3, 0.4) is 0 Å². The van der Waals surface area contributed by atoms with Crippen molar-refractivity contribution in [3.63, 3.8) is 0 Å². The van der Waals surface area contributed by atoms with E-state index in [9.17, 15) is 17.2 Å². The fourth-order valence-electron chi connectivity index (χ4n) is 1.08. The molecular formula is C10H8Cl2F2O3S. The topological polar surface area (TPSA) is 43.4 Å². The second-order valence-corrected chi connectivity index (χ2v) is 6.15. The van der Waals surface area contributed by atoms with Gasteiger partial charge in [0.05, 0.1) is 0 Å². The number of ether oxygens (including phenoxy) is 1. The molecule has 0 fully saturated rings. The monoisotopic (exact) mass is 316 g/mol. The van der Waals surface area contributed by atoms with E-state index in [2.05, 4.69) is 0 Å². The van der Waals surface area contributed by atoms with Crippen LogP contribution in [0, 0.1) is 11.6 Å². The van der Waals surface area contributed by atoms with E-state index in [1.165, 1.54) is 5.54 Å². The molecule has 3 nitrogen and oxygen atoms in total. The van der Waals surface area contributed by atoms with Crippen molar-refractivity contribution >= 4 is 31.3 Å². The van der Waals surface area contributed by atoms with E-state index < -0.39 is 31.3 Å². The molecule has 8 heteroatoms. The minimum absolute atomic E-state index is 0.147. The van der Waals surface area contributed by atoms with Crippen LogP contribution in [-0.2, 0) is 9.05 Å². The van der Waals surface area contributed by atoms with Crippen molar-refractivity contribution in [2.45, 2.75) is 11.8 Å². The first-order valence-corrected chi connectivity index (χ1v) is 7.32. The lowest BCUT2D eigenvalue weighted by atomic mass is 10.3. The summed E-state index contributed by atoms with van der Waals surface area (Å²) in [6.45, 7) is 1.44. The molecule has 0 N–H and O–H groups in total. The summed E-state index contributed by atoms with van der Waals surface area (Å²) in [7, 11) is 0.757. The Balaban J connectivity index is 3.25. The van der Waals surface area contributed by atoms with Gasteiger partial charge in [0, 0.05) is 22.3 Å². The normalized spacial score (nSPS) is 12.6. The van der Waals surface area contributed by atoms with Crippen molar-refractivity contribution in [1.82, 2.24) is 0 Å². The van der Waals surface area contributed by atoms with Gasteiger partial charge in [-0.25, -0.2) is 17.2 Å². The Kier molecular flexibility index (Phi) is 4.95. The van der Waals surface area contributed by atoms with E-state index in [-0.39, 0.29) is 6.61 Å². The molecule has 1 aromatic rings. The maximum Gasteiger partial charge on any atom is 0.265 e. The zero-order valence-corrected chi connectivity index (χ0v) is 11.4. The average Bonchev–Trinajstić information content (AvgIpc) is 2.25. The van der Waals surface area contributed by atoms with Gasteiger partial charge in [0.1, 0.15) is 17.3 Å². The molecule has 0 unspecified atom stereocenters. The van der Waals surface area contributed by atoms with Crippen molar-refractivity contribution in [3.05, 3.63) is 34.9 Å². The van der Waals surface area contributed by atoms with Gasteiger partial charge in [-0.15, -0.1) is 0 Å². The molecule has 0 aliphatic heterocycles. The predicted molar refractivity (Wildman–Crippen MR) is 64.5 cm³/mol. The zero-order chi connectivity index (χ0) is 13.9. The number of hydrogen-bond donors (Lipinski definition) is 0. The first kappa shape index (κ1) is 15.2. The summed E-state index contributed by atoms with van der Waals surface area (Å²) in [6, 6.07) is 1.08. The van der Waals surface area contributed by atoms with Crippen LogP contribution in [0.1, 0.15) is 6.92 Å². The van der Waals surface area contributed by atoms with Gasteiger partial charge in [-0.2, -0.15) is 0 Å². The SMILES string of the molecule is CC(=CCl)COc1c(F)cc(F)cc1S(=O)(=O)Cl. The molecule has 0 radical (unpaired) electrons. The highest BCUT2D eigenvalue weighted by Gasteiger charge is 2.22. The summed E-state index contributed by atoms with van der Waals surface area (Å²) >= 11 is 5.37. The molecule has 100 valence electrons. The van der Waals surface area contributed by atoms with Gasteiger partial charge in [0.15, 0.2) is 11.6 Å². The summed E-state index contributed by atoms with van der Waals surface area (Å²) in [4.78, 5) is -0.760. The highest BCUT2D eigenvalue weighted by molar-refractivity contribution is 8.13. The molecule has 0 aliphatic carbocycles. The quantitative estimate of drug-likeness (QED) is 0.799. The first-order valence-electron chi connectivity index (χ1n) is 4.58. The highest BCUT2D eigenvalue weighted by atomic mass is 35.7. The van der Waals surface area contributed by atoms with Gasteiger partial charge >= 0.3 is 0 Å². The van der Waals surface area contributed by atoms with Crippen LogP contribution in [0.2, 0.25) is 0 Å². The molecule has 0 atom stereocenters. The van der Waals surface area contributed by atoms with Crippen molar-refractivity contribution in [3.8, 4) is 5.75 Å². The molecule has 0 saturated heterocycles. The summed E-state index contributed by atoms with van der Waals surface area (Å²) in [5, 5.41) is 0. The Morgan fingerprint density at radius 2 is 2.06 bits per heavy atom. The third-order valence-corrected chi connectivity index (χ3v) is 3.57. The lowest BCUT2D eigenvalue weighted by Gasteiger charge is -2.10. The second-order valence-electron chi connectivity index (χ2n) is 3.40. The number of benzene rings is 1. The average molecular weight is 317 g/mol.